The summed E-state index contributed by atoms with van der Waals surface area (Å²) in [5, 5.41) is 2.67. The second kappa shape index (κ2) is 9.62. The molecule has 0 aliphatic rings. The van der Waals surface area contributed by atoms with Crippen LogP contribution in [0.4, 0.5) is 5.69 Å². The predicted octanol–water partition coefficient (Wildman–Crippen LogP) is 3.69. The van der Waals surface area contributed by atoms with Crippen LogP contribution in [-0.4, -0.2) is 32.2 Å². The van der Waals surface area contributed by atoms with Crippen molar-refractivity contribution in [1.82, 2.24) is 0 Å². The Morgan fingerprint density at radius 1 is 1.04 bits per heavy atom. The van der Waals surface area contributed by atoms with E-state index in [1.165, 1.54) is 12.7 Å². The molecule has 0 fully saturated rings. The molecule has 0 atom stereocenters. The summed E-state index contributed by atoms with van der Waals surface area (Å²) in [5.41, 5.74) is 2.69. The Morgan fingerprint density at radius 3 is 2.37 bits per heavy atom. The Hall–Kier alpha value is -3.02. The van der Waals surface area contributed by atoms with Gasteiger partial charge in [-0.1, -0.05) is 32.0 Å². The van der Waals surface area contributed by atoms with Gasteiger partial charge in [0.05, 0.1) is 12.8 Å². The third-order valence-electron chi connectivity index (χ3n) is 3.90. The molecule has 0 unspecified atom stereocenters. The molecule has 1 N–H and O–H groups in total. The van der Waals surface area contributed by atoms with Gasteiger partial charge < -0.3 is 19.5 Å². The average molecular weight is 371 g/mol. The molecule has 0 radical (unpaired) electrons. The first-order valence-electron chi connectivity index (χ1n) is 8.72. The lowest BCUT2D eigenvalue weighted by Crippen LogP contribution is -2.23. The van der Waals surface area contributed by atoms with Gasteiger partial charge in [0, 0.05) is 0 Å². The number of benzene rings is 2. The SMILES string of the molecule is COc1ccc(C)cc1NC(=O)COC(=O)COc1ccc(C(C)C)cc1. The van der Waals surface area contributed by atoms with Gasteiger partial charge in [-0.3, -0.25) is 4.79 Å². The zero-order valence-corrected chi connectivity index (χ0v) is 16.1. The number of ether oxygens (including phenoxy) is 3. The summed E-state index contributed by atoms with van der Waals surface area (Å²) in [7, 11) is 1.52. The average Bonchev–Trinajstić information content (AvgIpc) is 2.65. The summed E-state index contributed by atoms with van der Waals surface area (Å²) >= 11 is 0. The normalized spacial score (nSPS) is 10.4. The highest BCUT2D eigenvalue weighted by Crippen LogP contribution is 2.25. The number of methoxy groups -OCH3 is 1. The molecule has 0 spiro atoms. The van der Waals surface area contributed by atoms with Crippen molar-refractivity contribution in [3.63, 3.8) is 0 Å². The molecule has 144 valence electrons. The summed E-state index contributed by atoms with van der Waals surface area (Å²) in [6.45, 7) is 5.45. The zero-order chi connectivity index (χ0) is 19.8. The Morgan fingerprint density at radius 2 is 1.74 bits per heavy atom. The molecule has 2 aromatic rings. The zero-order valence-electron chi connectivity index (χ0n) is 16.1. The fourth-order valence-corrected chi connectivity index (χ4v) is 2.38. The van der Waals surface area contributed by atoms with Gasteiger partial charge in [0.1, 0.15) is 11.5 Å². The highest BCUT2D eigenvalue weighted by molar-refractivity contribution is 5.94. The van der Waals surface area contributed by atoms with E-state index in [1.54, 1.807) is 24.3 Å². The largest absolute Gasteiger partial charge is 0.495 e. The molecule has 2 aromatic carbocycles. The second-order valence-corrected chi connectivity index (χ2v) is 6.43. The summed E-state index contributed by atoms with van der Waals surface area (Å²) < 4.78 is 15.5. The fraction of sp³-hybridized carbons (Fsp3) is 0.333. The number of nitrogens with one attached hydrogen (secondary N) is 1. The van der Waals surface area contributed by atoms with Crippen LogP contribution in [0.3, 0.4) is 0 Å². The van der Waals surface area contributed by atoms with Crippen molar-refractivity contribution in [2.45, 2.75) is 26.7 Å². The number of esters is 1. The maximum absolute atomic E-state index is 12.0. The van der Waals surface area contributed by atoms with Gasteiger partial charge in [-0.05, 0) is 48.2 Å². The monoisotopic (exact) mass is 371 g/mol. The molecule has 1 amide bonds. The Kier molecular flexibility index (Phi) is 7.23. The third kappa shape index (κ3) is 6.33. The lowest BCUT2D eigenvalue weighted by molar-refractivity contribution is -0.149. The number of hydrogen-bond donors (Lipinski definition) is 1. The molecule has 0 aromatic heterocycles. The van der Waals surface area contributed by atoms with E-state index >= 15 is 0 Å². The van der Waals surface area contributed by atoms with Crippen molar-refractivity contribution in [1.29, 1.82) is 0 Å². The number of anilines is 1. The molecule has 0 saturated heterocycles. The maximum atomic E-state index is 12.0. The van der Waals surface area contributed by atoms with E-state index in [4.69, 9.17) is 14.2 Å². The molecule has 2 rings (SSSR count). The number of hydrogen-bond acceptors (Lipinski definition) is 5. The summed E-state index contributed by atoms with van der Waals surface area (Å²) in [6, 6.07) is 12.9. The number of carbonyl (C=O) groups is 2. The lowest BCUT2D eigenvalue weighted by Gasteiger charge is -2.11. The van der Waals surface area contributed by atoms with Crippen molar-refractivity contribution in [2.24, 2.45) is 0 Å². The summed E-state index contributed by atoms with van der Waals surface area (Å²) in [5.74, 6) is 0.469. The predicted molar refractivity (Wildman–Crippen MR) is 103 cm³/mol. The number of carbonyl (C=O) groups excluding carboxylic acids is 2. The molecule has 27 heavy (non-hydrogen) atoms. The Labute approximate surface area is 159 Å². The molecule has 0 aliphatic heterocycles. The van der Waals surface area contributed by atoms with Gasteiger partial charge in [0.25, 0.3) is 5.91 Å². The minimum Gasteiger partial charge on any atom is -0.495 e. The fourth-order valence-electron chi connectivity index (χ4n) is 2.38. The molecule has 0 heterocycles. The highest BCUT2D eigenvalue weighted by atomic mass is 16.6. The Bertz CT molecular complexity index is 784. The molecule has 0 bridgehead atoms. The Balaban J connectivity index is 1.78. The molecular formula is C21H25NO5. The van der Waals surface area contributed by atoms with Crippen molar-refractivity contribution >= 4 is 17.6 Å². The van der Waals surface area contributed by atoms with Crippen molar-refractivity contribution < 1.29 is 23.8 Å². The van der Waals surface area contributed by atoms with Crippen LogP contribution in [0, 0.1) is 6.92 Å². The minimum absolute atomic E-state index is 0.262. The van der Waals surface area contributed by atoms with Crippen LogP contribution in [0.1, 0.15) is 30.9 Å². The molecule has 0 saturated carbocycles. The van der Waals surface area contributed by atoms with Crippen LogP contribution in [-0.2, 0) is 14.3 Å². The summed E-state index contributed by atoms with van der Waals surface area (Å²) in [6.07, 6.45) is 0. The maximum Gasteiger partial charge on any atom is 0.344 e. The molecule has 6 nitrogen and oxygen atoms in total. The lowest BCUT2D eigenvalue weighted by atomic mass is 10.0. The van der Waals surface area contributed by atoms with Crippen LogP contribution < -0.4 is 14.8 Å². The van der Waals surface area contributed by atoms with Gasteiger partial charge in [0.15, 0.2) is 13.2 Å². The minimum atomic E-state index is -0.616. The van der Waals surface area contributed by atoms with E-state index in [0.717, 1.165) is 5.56 Å². The van der Waals surface area contributed by atoms with E-state index in [9.17, 15) is 9.59 Å². The van der Waals surface area contributed by atoms with E-state index in [-0.39, 0.29) is 6.61 Å². The van der Waals surface area contributed by atoms with E-state index in [1.807, 2.05) is 25.1 Å². The highest BCUT2D eigenvalue weighted by Gasteiger charge is 2.11. The van der Waals surface area contributed by atoms with Crippen LogP contribution in [0.15, 0.2) is 42.5 Å². The second-order valence-electron chi connectivity index (χ2n) is 6.43. The van der Waals surface area contributed by atoms with E-state index in [2.05, 4.69) is 19.2 Å². The number of amides is 1. The van der Waals surface area contributed by atoms with Crippen molar-refractivity contribution in [2.75, 3.05) is 25.6 Å². The van der Waals surface area contributed by atoms with Crippen molar-refractivity contribution in [3.8, 4) is 11.5 Å². The summed E-state index contributed by atoms with van der Waals surface area (Å²) in [4.78, 5) is 23.8. The first-order chi connectivity index (χ1) is 12.9. The van der Waals surface area contributed by atoms with Gasteiger partial charge in [-0.15, -0.1) is 0 Å². The van der Waals surface area contributed by atoms with Crippen LogP contribution in [0.25, 0.3) is 0 Å². The van der Waals surface area contributed by atoms with Crippen LogP contribution in [0.2, 0.25) is 0 Å². The van der Waals surface area contributed by atoms with Crippen molar-refractivity contribution in [3.05, 3.63) is 53.6 Å². The van der Waals surface area contributed by atoms with Crippen LogP contribution in [0.5, 0.6) is 11.5 Å². The van der Waals surface area contributed by atoms with Gasteiger partial charge >= 0.3 is 5.97 Å². The van der Waals surface area contributed by atoms with Gasteiger partial charge in [0.2, 0.25) is 0 Å². The molecule has 0 aliphatic carbocycles. The quantitative estimate of drug-likeness (QED) is 0.717. The number of aryl methyl sites for hydroxylation is 1. The van der Waals surface area contributed by atoms with Crippen LogP contribution >= 0.6 is 0 Å². The number of rotatable bonds is 8. The first kappa shape index (κ1) is 20.3. The first-order valence-corrected chi connectivity index (χ1v) is 8.72. The smallest absolute Gasteiger partial charge is 0.344 e. The van der Waals surface area contributed by atoms with Gasteiger partial charge in [-0.2, -0.15) is 0 Å². The van der Waals surface area contributed by atoms with E-state index < -0.39 is 18.5 Å². The topological polar surface area (TPSA) is 73.9 Å². The van der Waals surface area contributed by atoms with E-state index in [0.29, 0.717) is 23.1 Å². The standard InChI is InChI=1S/C21H25NO5/c1-14(2)16-6-8-17(9-7-16)26-13-21(24)27-12-20(23)22-18-11-15(3)5-10-19(18)25-4/h5-11,14H,12-13H2,1-4H3,(H,22,23). The molecule has 6 heteroatoms. The third-order valence-corrected chi connectivity index (χ3v) is 3.90. The molecular weight excluding hydrogens is 346 g/mol. The van der Waals surface area contributed by atoms with Gasteiger partial charge in [-0.25, -0.2) is 4.79 Å².